The lowest BCUT2D eigenvalue weighted by Crippen LogP contribution is -2.40. The van der Waals surface area contributed by atoms with Gasteiger partial charge in [0, 0.05) is 6.54 Å². The summed E-state index contributed by atoms with van der Waals surface area (Å²) in [5.41, 5.74) is -0.318. The van der Waals surface area contributed by atoms with Crippen LogP contribution in [0.5, 0.6) is 0 Å². The largest absolute Gasteiger partial charge is 0.522 e. The van der Waals surface area contributed by atoms with Gasteiger partial charge in [0.15, 0.2) is 0 Å². The molecule has 0 aromatic carbocycles. The molecule has 3 nitrogen and oxygen atoms in total. The Hall–Kier alpha value is -0.800. The van der Waals surface area contributed by atoms with Gasteiger partial charge in [-0.1, -0.05) is 0 Å². The predicted molar refractivity (Wildman–Crippen MR) is 51.4 cm³/mol. The van der Waals surface area contributed by atoms with E-state index < -0.39 is 6.36 Å². The number of nitriles is 1. The maximum atomic E-state index is 11.7. The van der Waals surface area contributed by atoms with E-state index in [2.05, 4.69) is 10.8 Å². The molecule has 6 heteroatoms. The summed E-state index contributed by atoms with van der Waals surface area (Å²) < 4.78 is 38.8. The van der Waals surface area contributed by atoms with Crippen molar-refractivity contribution in [1.82, 2.24) is 4.90 Å². The van der Waals surface area contributed by atoms with E-state index in [4.69, 9.17) is 5.26 Å². The first kappa shape index (κ1) is 13.3. The van der Waals surface area contributed by atoms with Crippen molar-refractivity contribution in [2.45, 2.75) is 26.1 Å². The minimum absolute atomic E-state index is 0.265. The first-order valence-corrected chi connectivity index (χ1v) is 5.19. The van der Waals surface area contributed by atoms with Crippen molar-refractivity contribution in [3.05, 3.63) is 0 Å². The quantitative estimate of drug-likeness (QED) is 0.753. The van der Waals surface area contributed by atoms with Crippen molar-refractivity contribution >= 4 is 0 Å². The molecule has 0 aromatic heterocycles. The summed E-state index contributed by atoms with van der Waals surface area (Å²) in [6.45, 7) is 3.13. The number of halogens is 3. The fraction of sp³-hybridized carbons (Fsp3) is 0.900. The average molecular weight is 236 g/mol. The highest BCUT2D eigenvalue weighted by Gasteiger charge is 2.31. The third-order valence-electron chi connectivity index (χ3n) is 2.90. The Kier molecular flexibility index (Phi) is 4.16. The number of alkyl halides is 3. The lowest BCUT2D eigenvalue weighted by molar-refractivity contribution is -0.325. The maximum absolute atomic E-state index is 11.7. The second-order valence-corrected chi connectivity index (χ2v) is 4.31. The number of piperidine rings is 1. The van der Waals surface area contributed by atoms with Crippen LogP contribution in [0.3, 0.4) is 0 Å². The average Bonchev–Trinajstić information content (AvgIpc) is 2.20. The minimum atomic E-state index is -4.54. The van der Waals surface area contributed by atoms with Crippen LogP contribution in [0.4, 0.5) is 13.2 Å². The summed E-state index contributed by atoms with van der Waals surface area (Å²) in [6, 6.07) is 2.24. The fourth-order valence-corrected chi connectivity index (χ4v) is 1.67. The molecule has 0 aliphatic carbocycles. The smallest absolute Gasteiger partial charge is 0.301 e. The van der Waals surface area contributed by atoms with Crippen LogP contribution >= 0.6 is 0 Å². The van der Waals surface area contributed by atoms with Crippen LogP contribution in [0.25, 0.3) is 0 Å². The molecule has 16 heavy (non-hydrogen) atoms. The zero-order valence-corrected chi connectivity index (χ0v) is 9.18. The van der Waals surface area contributed by atoms with Gasteiger partial charge in [-0.3, -0.25) is 4.74 Å². The van der Waals surface area contributed by atoms with Crippen molar-refractivity contribution in [3.63, 3.8) is 0 Å². The highest BCUT2D eigenvalue weighted by Crippen LogP contribution is 2.29. The van der Waals surface area contributed by atoms with Crippen LogP contribution in [0.1, 0.15) is 19.8 Å². The number of likely N-dealkylation sites (tertiary alicyclic amines) is 1. The molecular weight excluding hydrogens is 221 g/mol. The molecule has 0 bridgehead atoms. The van der Waals surface area contributed by atoms with Crippen LogP contribution in [0.2, 0.25) is 0 Å². The van der Waals surface area contributed by atoms with Gasteiger partial charge >= 0.3 is 6.36 Å². The SMILES string of the molecule is CC1(C#N)CCN(CCOC(F)(F)F)CC1. The van der Waals surface area contributed by atoms with E-state index in [9.17, 15) is 13.2 Å². The summed E-state index contributed by atoms with van der Waals surface area (Å²) in [6.07, 6.45) is -3.14. The van der Waals surface area contributed by atoms with Gasteiger partial charge in [-0.2, -0.15) is 5.26 Å². The Balaban J connectivity index is 2.21. The van der Waals surface area contributed by atoms with Gasteiger partial charge in [0.2, 0.25) is 0 Å². The monoisotopic (exact) mass is 236 g/mol. The van der Waals surface area contributed by atoms with E-state index >= 15 is 0 Å². The lowest BCUT2D eigenvalue weighted by atomic mass is 9.82. The molecule has 0 saturated carbocycles. The number of ether oxygens (including phenoxy) is 1. The molecule has 1 rings (SSSR count). The minimum Gasteiger partial charge on any atom is -0.301 e. The van der Waals surface area contributed by atoms with Crippen molar-refractivity contribution in [2.24, 2.45) is 5.41 Å². The maximum Gasteiger partial charge on any atom is 0.522 e. The Labute approximate surface area is 92.8 Å². The Morgan fingerprint density at radius 2 is 1.94 bits per heavy atom. The van der Waals surface area contributed by atoms with Gasteiger partial charge in [0.25, 0.3) is 0 Å². The van der Waals surface area contributed by atoms with Crippen LogP contribution in [-0.4, -0.2) is 37.5 Å². The molecular formula is C10H15F3N2O. The zero-order chi connectivity index (χ0) is 12.2. The first-order chi connectivity index (χ1) is 7.35. The molecule has 1 heterocycles. The molecule has 0 unspecified atom stereocenters. The second-order valence-electron chi connectivity index (χ2n) is 4.31. The third kappa shape index (κ3) is 4.37. The van der Waals surface area contributed by atoms with Gasteiger partial charge in [0.1, 0.15) is 0 Å². The van der Waals surface area contributed by atoms with E-state index in [1.165, 1.54) is 0 Å². The Morgan fingerprint density at radius 3 is 2.38 bits per heavy atom. The highest BCUT2D eigenvalue weighted by molar-refractivity contribution is 4.98. The van der Waals surface area contributed by atoms with Gasteiger partial charge in [-0.05, 0) is 32.9 Å². The van der Waals surface area contributed by atoms with Crippen LogP contribution in [0, 0.1) is 16.7 Å². The number of hydrogen-bond acceptors (Lipinski definition) is 3. The molecule has 0 amide bonds. The van der Waals surface area contributed by atoms with Crippen molar-refractivity contribution in [3.8, 4) is 6.07 Å². The van der Waals surface area contributed by atoms with Crippen LogP contribution < -0.4 is 0 Å². The Bertz CT molecular complexity index is 264. The van der Waals surface area contributed by atoms with Gasteiger partial charge in [-0.15, -0.1) is 13.2 Å². The zero-order valence-electron chi connectivity index (χ0n) is 9.18. The molecule has 0 aromatic rings. The number of nitrogens with zero attached hydrogens (tertiary/aromatic N) is 2. The van der Waals surface area contributed by atoms with Gasteiger partial charge in [-0.25, -0.2) is 0 Å². The molecule has 0 spiro atoms. The molecule has 1 aliphatic heterocycles. The van der Waals surface area contributed by atoms with E-state index in [1.807, 2.05) is 11.8 Å². The molecule has 1 aliphatic rings. The van der Waals surface area contributed by atoms with Gasteiger partial charge < -0.3 is 4.90 Å². The van der Waals surface area contributed by atoms with E-state index in [0.717, 1.165) is 0 Å². The highest BCUT2D eigenvalue weighted by atomic mass is 19.4. The van der Waals surface area contributed by atoms with E-state index in [1.54, 1.807) is 0 Å². The van der Waals surface area contributed by atoms with Crippen LogP contribution in [0.15, 0.2) is 0 Å². The normalized spacial score (nSPS) is 21.7. The molecule has 1 fully saturated rings. The number of rotatable bonds is 3. The Morgan fingerprint density at radius 1 is 1.38 bits per heavy atom. The number of hydrogen-bond donors (Lipinski definition) is 0. The summed E-state index contributed by atoms with van der Waals surface area (Å²) >= 11 is 0. The van der Waals surface area contributed by atoms with Gasteiger partial charge in [0.05, 0.1) is 18.1 Å². The van der Waals surface area contributed by atoms with E-state index in [-0.39, 0.29) is 18.6 Å². The molecule has 1 saturated heterocycles. The first-order valence-electron chi connectivity index (χ1n) is 5.19. The molecule has 92 valence electrons. The lowest BCUT2D eigenvalue weighted by Gasteiger charge is -2.34. The summed E-state index contributed by atoms with van der Waals surface area (Å²) in [5.74, 6) is 0. The van der Waals surface area contributed by atoms with E-state index in [0.29, 0.717) is 25.9 Å². The van der Waals surface area contributed by atoms with Crippen LogP contribution in [-0.2, 0) is 4.74 Å². The van der Waals surface area contributed by atoms with Crippen molar-refractivity contribution in [2.75, 3.05) is 26.2 Å². The summed E-state index contributed by atoms with van der Waals surface area (Å²) in [4.78, 5) is 1.89. The fourth-order valence-electron chi connectivity index (χ4n) is 1.67. The second kappa shape index (κ2) is 5.02. The summed E-state index contributed by atoms with van der Waals surface area (Å²) in [7, 11) is 0. The summed E-state index contributed by atoms with van der Waals surface area (Å²) in [5, 5.41) is 8.88. The molecule has 0 N–H and O–H groups in total. The molecule has 0 radical (unpaired) electrons. The van der Waals surface area contributed by atoms with Crippen molar-refractivity contribution in [1.29, 1.82) is 5.26 Å². The standard InChI is InChI=1S/C10H15F3N2O/c1-9(8-14)2-4-15(5-3-9)6-7-16-10(11,12)13/h2-7H2,1H3. The molecule has 0 atom stereocenters. The van der Waals surface area contributed by atoms with Crippen molar-refractivity contribution < 1.29 is 17.9 Å². The third-order valence-corrected chi connectivity index (χ3v) is 2.90. The topological polar surface area (TPSA) is 36.3 Å². The predicted octanol–water partition coefficient (Wildman–Crippen LogP) is 2.15.